The highest BCUT2D eigenvalue weighted by atomic mass is 16.3. The molecule has 0 aliphatic heterocycles. The van der Waals surface area contributed by atoms with E-state index in [-0.39, 0.29) is 5.75 Å². The van der Waals surface area contributed by atoms with Crippen LogP contribution in [0.25, 0.3) is 16.7 Å². The van der Waals surface area contributed by atoms with E-state index in [1.165, 1.54) is 4.80 Å². The van der Waals surface area contributed by atoms with E-state index in [9.17, 15) is 5.11 Å². The second-order valence-electron chi connectivity index (χ2n) is 4.26. The van der Waals surface area contributed by atoms with Crippen LogP contribution in [0.2, 0.25) is 0 Å². The minimum Gasteiger partial charge on any atom is -0.506 e. The molecule has 0 amide bonds. The van der Waals surface area contributed by atoms with Gasteiger partial charge in [-0.3, -0.25) is 0 Å². The number of phenols is 1. The van der Waals surface area contributed by atoms with Crippen LogP contribution >= 0.6 is 0 Å². The Morgan fingerprint density at radius 1 is 1.11 bits per heavy atom. The monoisotopic (exact) mass is 251 g/mol. The van der Waals surface area contributed by atoms with E-state index in [0.29, 0.717) is 5.69 Å². The molecule has 94 valence electrons. The van der Waals surface area contributed by atoms with Gasteiger partial charge in [-0.1, -0.05) is 30.3 Å². The zero-order valence-electron chi connectivity index (χ0n) is 10.3. The van der Waals surface area contributed by atoms with Gasteiger partial charge in [0.15, 0.2) is 0 Å². The third kappa shape index (κ3) is 1.97. The lowest BCUT2D eigenvalue weighted by Gasteiger charge is -2.00. The first kappa shape index (κ1) is 11.5. The molecule has 1 aromatic heterocycles. The van der Waals surface area contributed by atoms with Crippen LogP contribution in [0.1, 0.15) is 5.56 Å². The topological polar surface area (TPSA) is 50.9 Å². The van der Waals surface area contributed by atoms with Gasteiger partial charge in [-0.25, -0.2) is 0 Å². The van der Waals surface area contributed by atoms with Crippen molar-refractivity contribution in [1.29, 1.82) is 0 Å². The van der Waals surface area contributed by atoms with E-state index in [1.54, 1.807) is 18.2 Å². The number of hydrogen-bond donors (Lipinski definition) is 1. The fourth-order valence-corrected chi connectivity index (χ4v) is 2.05. The molecule has 0 fully saturated rings. The predicted octanol–water partition coefficient (Wildman–Crippen LogP) is 2.85. The van der Waals surface area contributed by atoms with Gasteiger partial charge in [0, 0.05) is 0 Å². The molecule has 0 unspecified atom stereocenters. The van der Waals surface area contributed by atoms with Crippen molar-refractivity contribution in [2.75, 3.05) is 0 Å². The molecule has 0 bridgehead atoms. The van der Waals surface area contributed by atoms with E-state index in [1.807, 2.05) is 30.3 Å². The molecule has 3 aromatic rings. The van der Waals surface area contributed by atoms with Gasteiger partial charge in [0.05, 0.1) is 0 Å². The van der Waals surface area contributed by atoms with Crippen molar-refractivity contribution < 1.29 is 5.11 Å². The maximum atomic E-state index is 9.84. The summed E-state index contributed by atoms with van der Waals surface area (Å²) in [4.78, 5) is 1.46. The molecular weight excluding hydrogens is 238 g/mol. The molecule has 0 saturated carbocycles. The minimum atomic E-state index is 0.160. The molecule has 0 aliphatic carbocycles. The van der Waals surface area contributed by atoms with Crippen molar-refractivity contribution in [3.05, 3.63) is 60.7 Å². The summed E-state index contributed by atoms with van der Waals surface area (Å²) in [5, 5.41) is 18.7. The summed E-state index contributed by atoms with van der Waals surface area (Å²) in [7, 11) is 0. The Morgan fingerprint density at radius 3 is 2.74 bits per heavy atom. The Hall–Kier alpha value is -2.62. The first-order valence-corrected chi connectivity index (χ1v) is 6.04. The molecule has 0 atom stereocenters. The highest BCUT2D eigenvalue weighted by Crippen LogP contribution is 2.22. The average molecular weight is 251 g/mol. The molecule has 4 heteroatoms. The smallest absolute Gasteiger partial charge is 0.143 e. The second-order valence-corrected chi connectivity index (χ2v) is 4.26. The quantitative estimate of drug-likeness (QED) is 0.728. The Kier molecular flexibility index (Phi) is 2.76. The Bertz CT molecular complexity index is 746. The number of fused-ring (bicyclic) bond motifs is 1. The maximum absolute atomic E-state index is 9.84. The first-order valence-electron chi connectivity index (χ1n) is 6.04. The van der Waals surface area contributed by atoms with Crippen molar-refractivity contribution >= 4 is 11.0 Å². The van der Waals surface area contributed by atoms with Gasteiger partial charge in [0.25, 0.3) is 0 Å². The Balaban J connectivity index is 2.19. The second kappa shape index (κ2) is 4.57. The van der Waals surface area contributed by atoms with Crippen LogP contribution in [0.5, 0.6) is 5.75 Å². The number of aromatic nitrogens is 3. The fourth-order valence-electron chi connectivity index (χ4n) is 2.05. The van der Waals surface area contributed by atoms with Gasteiger partial charge in [-0.15, -0.1) is 21.6 Å². The van der Waals surface area contributed by atoms with Crippen LogP contribution in [0.15, 0.2) is 55.1 Å². The molecule has 0 saturated heterocycles. The number of rotatable bonds is 3. The fraction of sp³-hybridized carbons (Fsp3) is 0.0667. The van der Waals surface area contributed by atoms with Crippen molar-refractivity contribution in [1.82, 2.24) is 15.0 Å². The standard InChI is InChI=1S/C15H13N3O/c1-2-6-11-7-5-8-12-15(11)17-18(16-12)13-9-3-4-10-14(13)19/h2-5,7-10,19H,1,6H2. The van der Waals surface area contributed by atoms with Gasteiger partial charge in [-0.05, 0) is 30.2 Å². The van der Waals surface area contributed by atoms with E-state index in [0.717, 1.165) is 23.0 Å². The Morgan fingerprint density at radius 2 is 1.95 bits per heavy atom. The molecule has 4 nitrogen and oxygen atoms in total. The molecule has 0 spiro atoms. The summed E-state index contributed by atoms with van der Waals surface area (Å²) in [5.74, 6) is 0.160. The van der Waals surface area contributed by atoms with E-state index >= 15 is 0 Å². The summed E-state index contributed by atoms with van der Waals surface area (Å²) in [6.07, 6.45) is 2.59. The summed E-state index contributed by atoms with van der Waals surface area (Å²) in [6.45, 7) is 3.75. The number of phenolic OH excluding ortho intramolecular Hbond substituents is 1. The third-order valence-corrected chi connectivity index (χ3v) is 2.96. The number of allylic oxidation sites excluding steroid dienone is 1. The highest BCUT2D eigenvalue weighted by molar-refractivity contribution is 5.78. The van der Waals surface area contributed by atoms with E-state index in [2.05, 4.69) is 16.8 Å². The lowest BCUT2D eigenvalue weighted by Crippen LogP contribution is -1.98. The molecule has 3 rings (SSSR count). The number of para-hydroxylation sites is 2. The van der Waals surface area contributed by atoms with Crippen molar-refractivity contribution in [3.63, 3.8) is 0 Å². The predicted molar refractivity (Wildman–Crippen MR) is 74.4 cm³/mol. The molecule has 0 radical (unpaired) electrons. The van der Waals surface area contributed by atoms with Gasteiger partial charge in [0.2, 0.25) is 0 Å². The highest BCUT2D eigenvalue weighted by Gasteiger charge is 2.10. The molecular formula is C15H13N3O. The van der Waals surface area contributed by atoms with E-state index in [4.69, 9.17) is 0 Å². The van der Waals surface area contributed by atoms with Crippen LogP contribution in [-0.4, -0.2) is 20.1 Å². The van der Waals surface area contributed by atoms with Crippen LogP contribution < -0.4 is 0 Å². The SMILES string of the molecule is C=CCc1cccc2nn(-c3ccccc3O)nc12. The molecule has 19 heavy (non-hydrogen) atoms. The largest absolute Gasteiger partial charge is 0.506 e. The number of benzene rings is 2. The zero-order valence-corrected chi connectivity index (χ0v) is 10.3. The van der Waals surface area contributed by atoms with Crippen LogP contribution in [-0.2, 0) is 6.42 Å². The minimum absolute atomic E-state index is 0.160. The molecule has 1 N–H and O–H groups in total. The molecule has 2 aromatic carbocycles. The third-order valence-electron chi connectivity index (χ3n) is 2.96. The van der Waals surface area contributed by atoms with Crippen molar-refractivity contribution in [2.24, 2.45) is 0 Å². The van der Waals surface area contributed by atoms with E-state index < -0.39 is 0 Å². The molecule has 0 aliphatic rings. The average Bonchev–Trinajstić information content (AvgIpc) is 2.84. The van der Waals surface area contributed by atoms with Crippen LogP contribution in [0.4, 0.5) is 0 Å². The van der Waals surface area contributed by atoms with Crippen LogP contribution in [0.3, 0.4) is 0 Å². The van der Waals surface area contributed by atoms with Gasteiger partial charge in [0.1, 0.15) is 22.5 Å². The lowest BCUT2D eigenvalue weighted by molar-refractivity contribution is 0.468. The van der Waals surface area contributed by atoms with Crippen molar-refractivity contribution in [2.45, 2.75) is 6.42 Å². The normalized spacial score (nSPS) is 10.7. The van der Waals surface area contributed by atoms with Gasteiger partial charge < -0.3 is 5.11 Å². The Labute approximate surface area is 110 Å². The zero-order chi connectivity index (χ0) is 13.2. The number of hydrogen-bond acceptors (Lipinski definition) is 3. The molecule has 1 heterocycles. The summed E-state index contributed by atoms with van der Waals surface area (Å²) < 4.78 is 0. The lowest BCUT2D eigenvalue weighted by atomic mass is 10.1. The van der Waals surface area contributed by atoms with Gasteiger partial charge >= 0.3 is 0 Å². The maximum Gasteiger partial charge on any atom is 0.143 e. The van der Waals surface area contributed by atoms with Crippen LogP contribution in [0, 0.1) is 0 Å². The number of nitrogens with zero attached hydrogens (tertiary/aromatic N) is 3. The first-order chi connectivity index (χ1) is 9.29. The van der Waals surface area contributed by atoms with Gasteiger partial charge in [-0.2, -0.15) is 0 Å². The van der Waals surface area contributed by atoms with Crippen molar-refractivity contribution in [3.8, 4) is 11.4 Å². The summed E-state index contributed by atoms with van der Waals surface area (Å²) >= 11 is 0. The number of aromatic hydroxyl groups is 1. The summed E-state index contributed by atoms with van der Waals surface area (Å²) in [6, 6.07) is 12.9. The summed E-state index contributed by atoms with van der Waals surface area (Å²) in [5.41, 5.74) is 3.30.